The molecule has 1 N–H and O–H groups in total. The number of carboxylic acid groups (broad SMARTS) is 1. The first-order valence-corrected chi connectivity index (χ1v) is 4.02. The second kappa shape index (κ2) is 3.89. The van der Waals surface area contributed by atoms with Crippen molar-refractivity contribution < 1.29 is 31.9 Å². The van der Waals surface area contributed by atoms with Gasteiger partial charge in [-0.1, -0.05) is 11.6 Å². The molecule has 0 spiro atoms. The van der Waals surface area contributed by atoms with E-state index in [1.54, 1.807) is 0 Å². The topological polar surface area (TPSA) is 37.3 Å². The fourth-order valence-electron chi connectivity index (χ4n) is 0.997. The normalized spacial score (nSPS) is 11.6. The summed E-state index contributed by atoms with van der Waals surface area (Å²) in [5.41, 5.74) is -3.27. The van der Waals surface area contributed by atoms with Crippen LogP contribution in [0.15, 0.2) is 6.07 Å². The number of halogens is 6. The Morgan fingerprint density at radius 1 is 1.25 bits per heavy atom. The van der Waals surface area contributed by atoms with E-state index in [4.69, 9.17) is 16.7 Å². The van der Waals surface area contributed by atoms with Crippen molar-refractivity contribution in [2.75, 3.05) is 0 Å². The highest BCUT2D eigenvalue weighted by molar-refractivity contribution is 6.33. The van der Waals surface area contributed by atoms with Crippen LogP contribution in [0.2, 0.25) is 5.02 Å². The summed E-state index contributed by atoms with van der Waals surface area (Å²) in [6.07, 6.45) is -5.15. The van der Waals surface area contributed by atoms with E-state index in [2.05, 4.69) is 0 Å². The number of rotatable bonds is 1. The average Bonchev–Trinajstić information content (AvgIpc) is 2.09. The van der Waals surface area contributed by atoms with E-state index in [0.717, 1.165) is 0 Å². The number of hydrogen-bond donors (Lipinski definition) is 1. The maximum atomic E-state index is 13.0. The Morgan fingerprint density at radius 3 is 2.12 bits per heavy atom. The molecule has 0 bridgehead atoms. The smallest absolute Gasteiger partial charge is 0.419 e. The summed E-state index contributed by atoms with van der Waals surface area (Å²) in [5, 5.41) is 7.38. The Labute approximate surface area is 90.2 Å². The molecule has 1 aromatic carbocycles. The van der Waals surface area contributed by atoms with Crippen LogP contribution >= 0.6 is 11.6 Å². The van der Waals surface area contributed by atoms with Crippen LogP contribution in [0.1, 0.15) is 15.9 Å². The van der Waals surface area contributed by atoms with Crippen molar-refractivity contribution in [1.29, 1.82) is 0 Å². The Balaban J connectivity index is 3.58. The van der Waals surface area contributed by atoms with Crippen LogP contribution in [0.5, 0.6) is 0 Å². The molecule has 0 fully saturated rings. The number of carboxylic acids is 1. The highest BCUT2D eigenvalue weighted by Crippen LogP contribution is 2.36. The van der Waals surface area contributed by atoms with Crippen LogP contribution in [0, 0.1) is 11.6 Å². The molecule has 0 aliphatic rings. The molecule has 16 heavy (non-hydrogen) atoms. The molecule has 2 nitrogen and oxygen atoms in total. The van der Waals surface area contributed by atoms with E-state index in [9.17, 15) is 26.7 Å². The lowest BCUT2D eigenvalue weighted by molar-refractivity contribution is -0.140. The average molecular weight is 261 g/mol. The van der Waals surface area contributed by atoms with Gasteiger partial charge in [-0.15, -0.1) is 0 Å². The van der Waals surface area contributed by atoms with Gasteiger partial charge >= 0.3 is 12.1 Å². The van der Waals surface area contributed by atoms with E-state index in [1.807, 2.05) is 0 Å². The standard InChI is InChI=1S/C8H2ClF5O2/c9-3-1-2(8(12,13)14)5(10)6(11)4(3)7(15)16/h1H,(H,15,16). The van der Waals surface area contributed by atoms with Crippen LogP contribution in [0.3, 0.4) is 0 Å². The van der Waals surface area contributed by atoms with E-state index >= 15 is 0 Å². The first-order valence-electron chi connectivity index (χ1n) is 3.64. The zero-order valence-electron chi connectivity index (χ0n) is 7.20. The molecular formula is C8H2ClF5O2. The summed E-state index contributed by atoms with van der Waals surface area (Å²) in [4.78, 5) is 10.4. The lowest BCUT2D eigenvalue weighted by Gasteiger charge is -2.10. The molecule has 0 amide bonds. The van der Waals surface area contributed by atoms with E-state index in [-0.39, 0.29) is 6.07 Å². The van der Waals surface area contributed by atoms with Crippen molar-refractivity contribution in [3.05, 3.63) is 33.9 Å². The lowest BCUT2D eigenvalue weighted by atomic mass is 10.1. The monoisotopic (exact) mass is 260 g/mol. The summed E-state index contributed by atoms with van der Waals surface area (Å²) >= 11 is 5.12. The van der Waals surface area contributed by atoms with Gasteiger partial charge in [0, 0.05) is 0 Å². The van der Waals surface area contributed by atoms with Gasteiger partial charge in [0.25, 0.3) is 0 Å². The second-order valence-corrected chi connectivity index (χ2v) is 3.12. The lowest BCUT2D eigenvalue weighted by Crippen LogP contribution is -2.13. The summed E-state index contributed by atoms with van der Waals surface area (Å²) in [5.74, 6) is -6.36. The van der Waals surface area contributed by atoms with Gasteiger partial charge in [-0.2, -0.15) is 13.2 Å². The molecule has 0 aliphatic heterocycles. The van der Waals surface area contributed by atoms with Gasteiger partial charge in [-0.3, -0.25) is 0 Å². The maximum Gasteiger partial charge on any atom is 0.419 e. The van der Waals surface area contributed by atoms with Gasteiger partial charge in [-0.25, -0.2) is 13.6 Å². The van der Waals surface area contributed by atoms with Gasteiger partial charge < -0.3 is 5.11 Å². The van der Waals surface area contributed by atoms with Crippen molar-refractivity contribution in [3.63, 3.8) is 0 Å². The minimum atomic E-state index is -5.15. The third kappa shape index (κ3) is 2.08. The zero-order chi connectivity index (χ0) is 12.7. The molecule has 0 saturated carbocycles. The van der Waals surface area contributed by atoms with E-state index in [1.165, 1.54) is 0 Å². The predicted molar refractivity (Wildman–Crippen MR) is 43.3 cm³/mol. The highest BCUT2D eigenvalue weighted by Gasteiger charge is 2.38. The number of aromatic carboxylic acids is 1. The molecular weight excluding hydrogens is 259 g/mol. The summed E-state index contributed by atoms with van der Waals surface area (Å²) in [6, 6.07) is 0.0312. The molecule has 0 unspecified atom stereocenters. The molecule has 0 heterocycles. The van der Waals surface area contributed by atoms with Crippen LogP contribution in [-0.4, -0.2) is 11.1 Å². The Kier molecular flexibility index (Phi) is 3.09. The highest BCUT2D eigenvalue weighted by atomic mass is 35.5. The maximum absolute atomic E-state index is 13.0. The number of benzene rings is 1. The number of hydrogen-bond acceptors (Lipinski definition) is 1. The molecule has 1 rings (SSSR count). The van der Waals surface area contributed by atoms with Crippen LogP contribution < -0.4 is 0 Å². The van der Waals surface area contributed by atoms with Gasteiger partial charge in [0.2, 0.25) is 0 Å². The van der Waals surface area contributed by atoms with Gasteiger partial charge in [-0.05, 0) is 6.07 Å². The van der Waals surface area contributed by atoms with Gasteiger partial charge in [0.1, 0.15) is 5.56 Å². The van der Waals surface area contributed by atoms with Crippen molar-refractivity contribution in [2.24, 2.45) is 0 Å². The molecule has 0 aliphatic carbocycles. The molecule has 0 atom stereocenters. The summed E-state index contributed by atoms with van der Waals surface area (Å²) in [7, 11) is 0. The minimum absolute atomic E-state index is 0.0312. The fourth-order valence-corrected chi connectivity index (χ4v) is 1.27. The first kappa shape index (κ1) is 12.7. The third-order valence-electron chi connectivity index (χ3n) is 1.68. The van der Waals surface area contributed by atoms with Crippen molar-refractivity contribution in [2.45, 2.75) is 6.18 Å². The largest absolute Gasteiger partial charge is 0.478 e. The predicted octanol–water partition coefficient (Wildman–Crippen LogP) is 3.34. The first-order chi connectivity index (χ1) is 7.16. The molecule has 8 heteroatoms. The van der Waals surface area contributed by atoms with E-state index < -0.39 is 39.9 Å². The quantitative estimate of drug-likeness (QED) is 0.621. The van der Waals surface area contributed by atoms with Crippen LogP contribution in [0.4, 0.5) is 22.0 Å². The number of alkyl halides is 3. The zero-order valence-corrected chi connectivity index (χ0v) is 7.96. The second-order valence-electron chi connectivity index (χ2n) is 2.71. The van der Waals surface area contributed by atoms with Crippen molar-refractivity contribution >= 4 is 17.6 Å². The molecule has 0 radical (unpaired) electrons. The van der Waals surface area contributed by atoms with E-state index in [0.29, 0.717) is 0 Å². The van der Waals surface area contributed by atoms with Crippen LogP contribution in [0.25, 0.3) is 0 Å². The minimum Gasteiger partial charge on any atom is -0.478 e. The molecule has 1 aromatic rings. The molecule has 88 valence electrons. The van der Waals surface area contributed by atoms with Gasteiger partial charge in [0.15, 0.2) is 11.6 Å². The summed E-state index contributed by atoms with van der Waals surface area (Å²) in [6.45, 7) is 0. The third-order valence-corrected chi connectivity index (χ3v) is 1.98. The Morgan fingerprint density at radius 2 is 1.75 bits per heavy atom. The Hall–Kier alpha value is -1.37. The van der Waals surface area contributed by atoms with Crippen LogP contribution in [-0.2, 0) is 6.18 Å². The number of carbonyl (C=O) groups is 1. The van der Waals surface area contributed by atoms with Gasteiger partial charge in [0.05, 0.1) is 10.6 Å². The SMILES string of the molecule is O=C(O)c1c(Cl)cc(C(F)(F)F)c(F)c1F. The van der Waals surface area contributed by atoms with Crippen molar-refractivity contribution in [1.82, 2.24) is 0 Å². The fraction of sp³-hybridized carbons (Fsp3) is 0.125. The molecule has 0 saturated heterocycles. The van der Waals surface area contributed by atoms with Crippen molar-refractivity contribution in [3.8, 4) is 0 Å². The molecule has 0 aromatic heterocycles. The summed E-state index contributed by atoms with van der Waals surface area (Å²) < 4.78 is 62.2. The Bertz CT molecular complexity index is 455.